The second kappa shape index (κ2) is 19.3. The van der Waals surface area contributed by atoms with Crippen molar-refractivity contribution in [1.82, 2.24) is 9.47 Å². The number of fused-ring (bicyclic) bond motifs is 1. The molecule has 0 bridgehead atoms. The molecule has 3 rings (SSSR count). The maximum atomic E-state index is 9.67. The number of benzene rings is 1. The zero-order valence-electron chi connectivity index (χ0n) is 25.6. The lowest BCUT2D eigenvalue weighted by Crippen LogP contribution is -2.28. The zero-order valence-corrected chi connectivity index (χ0v) is 25.6. The van der Waals surface area contributed by atoms with Crippen LogP contribution in [0.5, 0.6) is 5.75 Å². The number of likely N-dealkylation sites (tertiary alicyclic amines) is 1. The molecule has 218 valence electrons. The number of hydrogen-bond donors (Lipinski definition) is 2. The number of ether oxygens (including phenoxy) is 1. The van der Waals surface area contributed by atoms with Crippen LogP contribution < -0.4 is 0 Å². The summed E-state index contributed by atoms with van der Waals surface area (Å²) in [5, 5.41) is 19.7. The first-order chi connectivity index (χ1) is 18.7. The van der Waals surface area contributed by atoms with Crippen molar-refractivity contribution in [3.63, 3.8) is 0 Å². The first-order valence-corrected chi connectivity index (χ1v) is 14.6. The van der Waals surface area contributed by atoms with Crippen molar-refractivity contribution in [3.05, 3.63) is 72.2 Å². The topological polar surface area (TPSA) is 57.9 Å². The van der Waals surface area contributed by atoms with Crippen LogP contribution in [0.3, 0.4) is 0 Å². The van der Waals surface area contributed by atoms with Gasteiger partial charge in [0, 0.05) is 30.9 Å². The van der Waals surface area contributed by atoms with Gasteiger partial charge in [0.05, 0.1) is 18.1 Å². The Balaban J connectivity index is 0.000000354. The van der Waals surface area contributed by atoms with E-state index in [4.69, 9.17) is 9.84 Å². The van der Waals surface area contributed by atoms with Gasteiger partial charge < -0.3 is 19.5 Å². The Morgan fingerprint density at radius 2 is 1.72 bits per heavy atom. The van der Waals surface area contributed by atoms with Crippen LogP contribution in [0.4, 0.5) is 0 Å². The molecule has 1 aliphatic heterocycles. The standard InChI is InChI=1S/C17H21NO2.C13H25NO.C4H8/c1-4-6-13(7-5-10-19)17-12(2)15-11-14(20)8-9-16(15)18(17)3;1-3-8-13(2)15-12-11-14-9-6-4-5-7-10-14;1-4(2)3/h5-9,11,19-20H,4,10H2,1-3H3;2-12H2,1H3;1H2,2-3H3/b7-5-,13-6+;;. The normalized spacial score (nSPS) is 14.3. The maximum Gasteiger partial charge on any atom is 0.116 e. The summed E-state index contributed by atoms with van der Waals surface area (Å²) in [7, 11) is 2.03. The van der Waals surface area contributed by atoms with Crippen LogP contribution in [0.15, 0.2) is 60.9 Å². The lowest BCUT2D eigenvalue weighted by molar-refractivity contribution is 0.154. The third-order valence-electron chi connectivity index (χ3n) is 6.48. The summed E-state index contributed by atoms with van der Waals surface area (Å²) in [5.74, 6) is 1.23. The second-order valence-corrected chi connectivity index (χ2v) is 10.5. The van der Waals surface area contributed by atoms with E-state index in [9.17, 15) is 5.11 Å². The fourth-order valence-electron chi connectivity index (χ4n) is 4.70. The highest BCUT2D eigenvalue weighted by molar-refractivity contribution is 5.92. The van der Waals surface area contributed by atoms with Crippen molar-refractivity contribution in [2.24, 2.45) is 7.05 Å². The summed E-state index contributed by atoms with van der Waals surface area (Å²) >= 11 is 0. The number of aromatic hydroxyl groups is 1. The van der Waals surface area contributed by atoms with Gasteiger partial charge in [0.2, 0.25) is 0 Å². The molecule has 1 aromatic heterocycles. The molecule has 0 unspecified atom stereocenters. The summed E-state index contributed by atoms with van der Waals surface area (Å²) in [5.41, 5.74) is 5.62. The first kappa shape index (κ1) is 34.3. The number of aliphatic hydroxyl groups excluding tert-OH is 1. The summed E-state index contributed by atoms with van der Waals surface area (Å²) in [6, 6.07) is 5.44. The molecular weight excluding hydrogens is 484 g/mol. The van der Waals surface area contributed by atoms with Gasteiger partial charge in [0.1, 0.15) is 12.4 Å². The smallest absolute Gasteiger partial charge is 0.116 e. The number of phenolic OH excluding ortho intramolecular Hbond substituents is 1. The number of aliphatic hydroxyl groups is 1. The number of phenols is 1. The fraction of sp³-hybridized carbons (Fsp3) is 0.529. The Kier molecular flexibility index (Phi) is 17.0. The molecule has 0 amide bonds. The Bertz CT molecular complexity index is 1070. The summed E-state index contributed by atoms with van der Waals surface area (Å²) < 4.78 is 7.72. The van der Waals surface area contributed by atoms with Crippen molar-refractivity contribution < 1.29 is 14.9 Å². The molecular formula is C34H54N2O3. The van der Waals surface area contributed by atoms with E-state index < -0.39 is 0 Å². The summed E-state index contributed by atoms with van der Waals surface area (Å²) in [6.45, 7) is 22.1. The van der Waals surface area contributed by atoms with Crippen molar-refractivity contribution in [3.8, 4) is 5.75 Å². The van der Waals surface area contributed by atoms with E-state index >= 15 is 0 Å². The average Bonchev–Trinajstić information content (AvgIpc) is 3.03. The lowest BCUT2D eigenvalue weighted by atomic mass is 10.0. The van der Waals surface area contributed by atoms with E-state index in [1.807, 2.05) is 33.0 Å². The van der Waals surface area contributed by atoms with Gasteiger partial charge in [-0.05, 0) is 88.9 Å². The predicted octanol–water partition coefficient (Wildman–Crippen LogP) is 8.31. The number of aryl methyl sites for hydroxylation is 2. The number of aromatic nitrogens is 1. The molecule has 2 heterocycles. The molecule has 0 atom stereocenters. The Hall–Kier alpha value is -2.76. The average molecular weight is 539 g/mol. The molecule has 39 heavy (non-hydrogen) atoms. The highest BCUT2D eigenvalue weighted by Gasteiger charge is 2.14. The highest BCUT2D eigenvalue weighted by Crippen LogP contribution is 2.32. The van der Waals surface area contributed by atoms with Gasteiger partial charge in [0.15, 0.2) is 0 Å². The van der Waals surface area contributed by atoms with Crippen LogP contribution >= 0.6 is 0 Å². The molecule has 0 spiro atoms. The van der Waals surface area contributed by atoms with E-state index in [1.54, 1.807) is 18.2 Å². The highest BCUT2D eigenvalue weighted by atomic mass is 16.5. The van der Waals surface area contributed by atoms with Crippen LogP contribution in [0.1, 0.15) is 83.9 Å². The van der Waals surface area contributed by atoms with Crippen LogP contribution in [0.25, 0.3) is 16.5 Å². The van der Waals surface area contributed by atoms with Crippen LogP contribution in [0.2, 0.25) is 0 Å². The molecule has 2 aromatic rings. The third kappa shape index (κ3) is 12.8. The number of rotatable bonds is 10. The van der Waals surface area contributed by atoms with Gasteiger partial charge in [-0.2, -0.15) is 0 Å². The van der Waals surface area contributed by atoms with Gasteiger partial charge in [-0.3, -0.25) is 4.90 Å². The molecule has 1 saturated heterocycles. The first-order valence-electron chi connectivity index (χ1n) is 14.6. The summed E-state index contributed by atoms with van der Waals surface area (Å²) in [4.78, 5) is 2.52. The van der Waals surface area contributed by atoms with Crippen molar-refractivity contribution in [2.45, 2.75) is 79.6 Å². The van der Waals surface area contributed by atoms with Crippen molar-refractivity contribution >= 4 is 16.5 Å². The van der Waals surface area contributed by atoms with Gasteiger partial charge >= 0.3 is 0 Å². The number of hydrogen-bond acceptors (Lipinski definition) is 4. The Labute approximate surface area is 238 Å². The quantitative estimate of drug-likeness (QED) is 0.181. The van der Waals surface area contributed by atoms with E-state index in [-0.39, 0.29) is 12.4 Å². The molecule has 1 aromatic carbocycles. The molecule has 0 saturated carbocycles. The zero-order chi connectivity index (χ0) is 29.2. The van der Waals surface area contributed by atoms with Gasteiger partial charge in [-0.15, -0.1) is 6.58 Å². The van der Waals surface area contributed by atoms with Crippen molar-refractivity contribution in [1.29, 1.82) is 0 Å². The molecule has 0 radical (unpaired) electrons. The van der Waals surface area contributed by atoms with Crippen LogP contribution in [0, 0.1) is 6.92 Å². The Morgan fingerprint density at radius 3 is 2.28 bits per heavy atom. The van der Waals surface area contributed by atoms with E-state index in [1.165, 1.54) is 44.3 Å². The maximum absolute atomic E-state index is 9.67. The third-order valence-corrected chi connectivity index (χ3v) is 6.48. The number of allylic oxidation sites excluding steroid dienone is 5. The van der Waals surface area contributed by atoms with Gasteiger partial charge in [-0.25, -0.2) is 0 Å². The molecule has 2 N–H and O–H groups in total. The predicted molar refractivity (Wildman–Crippen MR) is 169 cm³/mol. The van der Waals surface area contributed by atoms with Crippen LogP contribution in [-0.2, 0) is 11.8 Å². The molecule has 1 fully saturated rings. The minimum Gasteiger partial charge on any atom is -0.508 e. The largest absolute Gasteiger partial charge is 0.508 e. The van der Waals surface area contributed by atoms with Crippen molar-refractivity contribution in [2.75, 3.05) is 32.8 Å². The Morgan fingerprint density at radius 1 is 1.08 bits per heavy atom. The van der Waals surface area contributed by atoms with E-state index in [0.29, 0.717) is 0 Å². The van der Waals surface area contributed by atoms with E-state index in [0.717, 1.165) is 65.9 Å². The lowest BCUT2D eigenvalue weighted by Gasteiger charge is -2.20. The van der Waals surface area contributed by atoms with Crippen LogP contribution in [-0.4, -0.2) is 52.5 Å². The van der Waals surface area contributed by atoms with Gasteiger partial charge in [0.25, 0.3) is 0 Å². The van der Waals surface area contributed by atoms with E-state index in [2.05, 4.69) is 49.5 Å². The minimum atomic E-state index is 0.0326. The van der Waals surface area contributed by atoms with Gasteiger partial charge in [-0.1, -0.05) is 57.1 Å². The molecule has 1 aliphatic rings. The SMILES string of the molecule is C=C(C)C.C=C(CCC)OCCN1CCCCCC1.CC/C=C(\C=C/CO)c1c(C)c2cc(O)ccc2n1C. The molecule has 5 nitrogen and oxygen atoms in total. The minimum absolute atomic E-state index is 0.0326. The monoisotopic (exact) mass is 538 g/mol. The number of nitrogens with zero attached hydrogens (tertiary/aromatic N) is 2. The molecule has 0 aliphatic carbocycles. The summed E-state index contributed by atoms with van der Waals surface area (Å²) in [6.07, 6.45) is 14.4. The molecule has 5 heteroatoms. The second-order valence-electron chi connectivity index (χ2n) is 10.5. The fourth-order valence-corrected chi connectivity index (χ4v) is 4.70.